The molecular formula is C33H36FN11O4. The number of likely N-dealkylation sites (tertiary alicyclic amines) is 1. The molecule has 1 amide bonds. The zero-order valence-electron chi connectivity index (χ0n) is 26.7. The van der Waals surface area contributed by atoms with Crippen LogP contribution in [0.25, 0.3) is 11.4 Å². The molecule has 16 heteroatoms. The number of benzene rings is 2. The maximum Gasteiger partial charge on any atom is 0.276 e. The van der Waals surface area contributed by atoms with Gasteiger partial charge in [-0.15, -0.1) is 5.10 Å². The van der Waals surface area contributed by atoms with Gasteiger partial charge in [0.2, 0.25) is 5.95 Å². The van der Waals surface area contributed by atoms with Crippen LogP contribution >= 0.6 is 0 Å². The van der Waals surface area contributed by atoms with Gasteiger partial charge in [0.15, 0.2) is 17.7 Å². The van der Waals surface area contributed by atoms with Crippen molar-refractivity contribution in [1.82, 2.24) is 39.7 Å². The number of nitriles is 1. The van der Waals surface area contributed by atoms with E-state index in [0.29, 0.717) is 23.4 Å². The Labute approximate surface area is 281 Å². The molecule has 0 bridgehead atoms. The first-order valence-electron chi connectivity index (χ1n) is 16.3. The number of halogens is 1. The lowest BCUT2D eigenvalue weighted by molar-refractivity contribution is -0.0660. The fourth-order valence-corrected chi connectivity index (χ4v) is 6.15. The number of aliphatic hydroxyl groups excluding tert-OH is 1. The summed E-state index contributed by atoms with van der Waals surface area (Å²) in [6.45, 7) is 5.81. The number of aromatic nitrogens is 6. The number of hydrogen-bond donors (Lipinski definition) is 2. The summed E-state index contributed by atoms with van der Waals surface area (Å²) in [5.41, 5.74) is 2.85. The van der Waals surface area contributed by atoms with Crippen LogP contribution < -0.4 is 15.0 Å². The second kappa shape index (κ2) is 14.5. The number of nitrogens with zero attached hydrogens (tertiary/aromatic N) is 10. The van der Waals surface area contributed by atoms with Crippen molar-refractivity contribution in [2.24, 2.45) is 0 Å². The van der Waals surface area contributed by atoms with Crippen LogP contribution in [-0.4, -0.2) is 128 Å². The van der Waals surface area contributed by atoms with E-state index < -0.39 is 18.2 Å². The van der Waals surface area contributed by atoms with Crippen molar-refractivity contribution in [3.63, 3.8) is 0 Å². The normalized spacial score (nSPS) is 20.0. The van der Waals surface area contributed by atoms with Gasteiger partial charge in [-0.05, 0) is 42.5 Å². The molecule has 7 rings (SSSR count). The summed E-state index contributed by atoms with van der Waals surface area (Å²) < 4.78 is 27.9. The highest BCUT2D eigenvalue weighted by Crippen LogP contribution is 2.29. The molecule has 0 radical (unpaired) electrons. The zero-order chi connectivity index (χ0) is 33.7. The summed E-state index contributed by atoms with van der Waals surface area (Å²) in [6, 6.07) is 15.8. The summed E-state index contributed by atoms with van der Waals surface area (Å²) in [5, 5.41) is 29.8. The van der Waals surface area contributed by atoms with E-state index in [1.165, 1.54) is 22.1 Å². The molecule has 0 unspecified atom stereocenters. The lowest BCUT2D eigenvalue weighted by atomic mass is 10.0. The predicted molar refractivity (Wildman–Crippen MR) is 175 cm³/mol. The number of nitrogens with one attached hydrogen (secondary N) is 1. The van der Waals surface area contributed by atoms with Crippen LogP contribution in [0.3, 0.4) is 0 Å². The number of piperidine rings is 1. The third-order valence-electron chi connectivity index (χ3n) is 9.00. The van der Waals surface area contributed by atoms with E-state index in [9.17, 15) is 10.1 Å². The molecule has 0 saturated carbocycles. The van der Waals surface area contributed by atoms with E-state index in [4.69, 9.17) is 14.6 Å². The van der Waals surface area contributed by atoms with E-state index in [-0.39, 0.29) is 49.7 Å². The second-order valence-corrected chi connectivity index (χ2v) is 12.1. The fraction of sp³-hybridized carbons (Fsp3) is 0.424. The number of rotatable bonds is 10. The Balaban J connectivity index is 0.953. The molecule has 2 aromatic carbocycles. The van der Waals surface area contributed by atoms with Crippen LogP contribution in [0, 0.1) is 11.3 Å². The topological polar surface area (TPSA) is 171 Å². The summed E-state index contributed by atoms with van der Waals surface area (Å²) in [6.07, 6.45) is 0.714. The van der Waals surface area contributed by atoms with Crippen molar-refractivity contribution in [1.29, 1.82) is 5.26 Å². The zero-order valence-corrected chi connectivity index (χ0v) is 26.7. The molecule has 2 atom stereocenters. The van der Waals surface area contributed by atoms with Gasteiger partial charge in [0.25, 0.3) is 5.91 Å². The van der Waals surface area contributed by atoms with Crippen molar-refractivity contribution in [2.75, 3.05) is 69.3 Å². The van der Waals surface area contributed by atoms with Crippen LogP contribution in [-0.2, 0) is 11.3 Å². The lowest BCUT2D eigenvalue weighted by Crippen LogP contribution is -2.56. The van der Waals surface area contributed by atoms with Crippen molar-refractivity contribution in [3.05, 3.63) is 66.2 Å². The van der Waals surface area contributed by atoms with Crippen molar-refractivity contribution >= 4 is 23.2 Å². The molecule has 15 nitrogen and oxygen atoms in total. The molecule has 5 heterocycles. The molecule has 3 aliphatic heterocycles. The Hall–Kier alpha value is -5.24. The Morgan fingerprint density at radius 3 is 2.63 bits per heavy atom. The molecule has 0 spiro atoms. The first-order chi connectivity index (χ1) is 24.0. The van der Waals surface area contributed by atoms with Gasteiger partial charge < -0.3 is 29.7 Å². The number of aliphatic hydroxyl groups is 1. The molecule has 4 aromatic rings. The van der Waals surface area contributed by atoms with E-state index in [2.05, 4.69) is 58.6 Å². The minimum absolute atomic E-state index is 0.0806. The molecule has 2 aromatic heterocycles. The van der Waals surface area contributed by atoms with Crippen LogP contribution in [0.4, 0.5) is 21.7 Å². The van der Waals surface area contributed by atoms with Crippen LogP contribution in [0.15, 0.2) is 55.0 Å². The number of amides is 1. The number of ether oxygens (including phenoxy) is 2. The van der Waals surface area contributed by atoms with E-state index in [1.807, 2.05) is 12.1 Å². The summed E-state index contributed by atoms with van der Waals surface area (Å²) in [7, 11) is 0. The van der Waals surface area contributed by atoms with Gasteiger partial charge in [-0.25, -0.2) is 19.0 Å². The molecule has 0 aliphatic carbocycles. The molecule has 49 heavy (non-hydrogen) atoms. The van der Waals surface area contributed by atoms with Gasteiger partial charge in [-0.1, -0.05) is 5.21 Å². The van der Waals surface area contributed by atoms with Gasteiger partial charge in [0, 0.05) is 56.1 Å². The van der Waals surface area contributed by atoms with Crippen LogP contribution in [0.5, 0.6) is 5.75 Å². The SMILES string of the molecule is N#Cc1cc(-c2ncnc(Nc3ccc(N4CCN(C5COC5)CC4)cc3)n2)ccc1O[C@H]1CCN(C(=O)c2cn(CCO)nn2)C[C@@H]1F. The minimum Gasteiger partial charge on any atom is -0.486 e. The van der Waals surface area contributed by atoms with Gasteiger partial charge in [0.05, 0.1) is 50.7 Å². The monoisotopic (exact) mass is 669 g/mol. The average molecular weight is 670 g/mol. The molecule has 3 fully saturated rings. The highest BCUT2D eigenvalue weighted by molar-refractivity contribution is 5.92. The smallest absolute Gasteiger partial charge is 0.276 e. The van der Waals surface area contributed by atoms with Gasteiger partial charge >= 0.3 is 0 Å². The molecular weight excluding hydrogens is 633 g/mol. The standard InChI is InChI=1S/C33H36FN11O4/c34-27-17-44(32(47)28-18-45(13-14-46)41-40-28)8-7-30(27)49-29-6-1-22(15-23(29)16-35)31-36-21-37-33(39-31)38-24-2-4-25(5-3-24)42-9-11-43(12-10-42)26-19-48-20-26/h1-6,15,18,21,26-27,30,46H,7-14,17,19-20H2,(H,36,37,38,39)/t27-,30-/m0/s1. The molecule has 3 saturated heterocycles. The lowest BCUT2D eigenvalue weighted by Gasteiger charge is -2.43. The Morgan fingerprint density at radius 1 is 1.10 bits per heavy atom. The molecule has 3 aliphatic rings. The van der Waals surface area contributed by atoms with Crippen LogP contribution in [0.2, 0.25) is 0 Å². The number of carbonyl (C=O) groups excluding carboxylic acids is 1. The number of carbonyl (C=O) groups is 1. The van der Waals surface area contributed by atoms with Crippen molar-refractivity contribution in [2.45, 2.75) is 31.3 Å². The summed E-state index contributed by atoms with van der Waals surface area (Å²) >= 11 is 0. The average Bonchev–Trinajstić information content (AvgIpc) is 3.58. The number of piperazine rings is 1. The van der Waals surface area contributed by atoms with E-state index in [0.717, 1.165) is 50.8 Å². The number of hydrogen-bond acceptors (Lipinski definition) is 13. The Kier molecular flexibility index (Phi) is 9.55. The number of alkyl halides is 1. The maximum absolute atomic E-state index is 15.2. The van der Waals surface area contributed by atoms with Gasteiger partial charge in [-0.3, -0.25) is 9.69 Å². The highest BCUT2D eigenvalue weighted by atomic mass is 19.1. The maximum atomic E-state index is 15.2. The Bertz CT molecular complexity index is 1800. The highest BCUT2D eigenvalue weighted by Gasteiger charge is 2.35. The van der Waals surface area contributed by atoms with Gasteiger partial charge in [0.1, 0.15) is 24.3 Å². The van der Waals surface area contributed by atoms with Crippen LogP contribution in [0.1, 0.15) is 22.5 Å². The number of anilines is 3. The van der Waals surface area contributed by atoms with Crippen molar-refractivity contribution in [3.8, 4) is 23.2 Å². The van der Waals surface area contributed by atoms with Gasteiger partial charge in [-0.2, -0.15) is 10.2 Å². The molecule has 2 N–H and O–H groups in total. The van der Waals surface area contributed by atoms with E-state index >= 15 is 4.39 Å². The third kappa shape index (κ3) is 7.28. The largest absolute Gasteiger partial charge is 0.486 e. The van der Waals surface area contributed by atoms with Crippen molar-refractivity contribution < 1.29 is 23.8 Å². The quantitative estimate of drug-likeness (QED) is 0.251. The summed E-state index contributed by atoms with van der Waals surface area (Å²) in [4.78, 5) is 32.2. The Morgan fingerprint density at radius 2 is 1.92 bits per heavy atom. The third-order valence-corrected chi connectivity index (χ3v) is 9.00. The second-order valence-electron chi connectivity index (χ2n) is 12.1. The minimum atomic E-state index is -1.49. The first kappa shape index (κ1) is 32.3. The fourth-order valence-electron chi connectivity index (χ4n) is 6.15. The molecule has 254 valence electrons. The van der Waals surface area contributed by atoms with E-state index in [1.54, 1.807) is 18.2 Å². The predicted octanol–water partition coefficient (Wildman–Crippen LogP) is 1.89. The first-order valence-corrected chi connectivity index (χ1v) is 16.3. The summed E-state index contributed by atoms with van der Waals surface area (Å²) in [5.74, 6) is 0.500.